The van der Waals surface area contributed by atoms with Crippen LogP contribution in [0, 0.1) is 6.92 Å². The fourth-order valence-corrected chi connectivity index (χ4v) is 5.29. The first-order valence-electron chi connectivity index (χ1n) is 11.7. The molecule has 35 heavy (non-hydrogen) atoms. The van der Waals surface area contributed by atoms with Gasteiger partial charge in [0, 0.05) is 32.2 Å². The van der Waals surface area contributed by atoms with Crippen LogP contribution in [-0.2, 0) is 14.8 Å². The standard InChI is InChI=1S/C27H31N3O4S/c1-21-11-13-22(14-12-21)26(20-30-15-17-34-18-16-30)28-27(31)23-7-6-10-25(19-23)35(32,33)29(2)24-8-4-3-5-9-24/h3-14,19,26H,15-18,20H2,1-2H3,(H,28,31)/t26-/m1/s1. The fraction of sp³-hybridized carbons (Fsp3) is 0.296. The average Bonchev–Trinajstić information content (AvgIpc) is 2.89. The van der Waals surface area contributed by atoms with Gasteiger partial charge in [-0.15, -0.1) is 0 Å². The van der Waals surface area contributed by atoms with E-state index >= 15 is 0 Å². The van der Waals surface area contributed by atoms with Crippen LogP contribution in [0.3, 0.4) is 0 Å². The number of anilines is 1. The van der Waals surface area contributed by atoms with Crippen LogP contribution in [0.4, 0.5) is 5.69 Å². The third kappa shape index (κ3) is 6.08. The predicted octanol–water partition coefficient (Wildman–Crippen LogP) is 3.62. The molecule has 3 aromatic rings. The lowest BCUT2D eigenvalue weighted by atomic mass is 10.0. The molecule has 1 saturated heterocycles. The van der Waals surface area contributed by atoms with Gasteiger partial charge in [0.25, 0.3) is 15.9 Å². The van der Waals surface area contributed by atoms with Crippen LogP contribution >= 0.6 is 0 Å². The SMILES string of the molecule is Cc1ccc([C@@H](CN2CCOCC2)NC(=O)c2cccc(S(=O)(=O)N(C)c3ccccc3)c2)cc1. The lowest BCUT2D eigenvalue weighted by Crippen LogP contribution is -2.43. The molecule has 1 fully saturated rings. The molecule has 8 heteroatoms. The maximum Gasteiger partial charge on any atom is 0.264 e. The number of aryl methyl sites for hydroxylation is 1. The number of sulfonamides is 1. The zero-order chi connectivity index (χ0) is 24.8. The summed E-state index contributed by atoms with van der Waals surface area (Å²) < 4.78 is 33.1. The van der Waals surface area contributed by atoms with Gasteiger partial charge < -0.3 is 10.1 Å². The maximum atomic E-state index is 13.3. The first-order valence-corrected chi connectivity index (χ1v) is 13.1. The van der Waals surface area contributed by atoms with Crippen molar-refractivity contribution in [1.82, 2.24) is 10.2 Å². The Hall–Kier alpha value is -3.20. The largest absolute Gasteiger partial charge is 0.379 e. The molecule has 184 valence electrons. The molecule has 4 rings (SSSR count). The summed E-state index contributed by atoms with van der Waals surface area (Å²) >= 11 is 0. The molecule has 1 aliphatic rings. The Kier molecular flexibility index (Phi) is 7.85. The van der Waals surface area contributed by atoms with Gasteiger partial charge in [0.15, 0.2) is 0 Å². The molecule has 1 aliphatic heterocycles. The lowest BCUT2D eigenvalue weighted by molar-refractivity contribution is 0.0332. The Morgan fingerprint density at radius 1 is 1.00 bits per heavy atom. The highest BCUT2D eigenvalue weighted by atomic mass is 32.2. The normalized spacial score (nSPS) is 15.4. The van der Waals surface area contributed by atoms with E-state index < -0.39 is 10.0 Å². The summed E-state index contributed by atoms with van der Waals surface area (Å²) in [6, 6.07) is 22.9. The monoisotopic (exact) mass is 493 g/mol. The van der Waals surface area contributed by atoms with Crippen molar-refractivity contribution in [2.24, 2.45) is 0 Å². The average molecular weight is 494 g/mol. The van der Waals surface area contributed by atoms with E-state index in [2.05, 4.69) is 10.2 Å². The van der Waals surface area contributed by atoms with Crippen molar-refractivity contribution in [2.45, 2.75) is 17.9 Å². The van der Waals surface area contributed by atoms with E-state index in [9.17, 15) is 13.2 Å². The Morgan fingerprint density at radius 3 is 2.37 bits per heavy atom. The van der Waals surface area contributed by atoms with Crippen LogP contribution in [0.1, 0.15) is 27.5 Å². The predicted molar refractivity (Wildman–Crippen MR) is 137 cm³/mol. The summed E-state index contributed by atoms with van der Waals surface area (Å²) in [4.78, 5) is 15.6. The van der Waals surface area contributed by atoms with Gasteiger partial charge in [0.1, 0.15) is 0 Å². The number of amides is 1. The molecule has 3 aromatic carbocycles. The van der Waals surface area contributed by atoms with Crippen molar-refractivity contribution in [3.8, 4) is 0 Å². The number of nitrogens with zero attached hydrogens (tertiary/aromatic N) is 2. The van der Waals surface area contributed by atoms with Crippen LogP contribution in [0.25, 0.3) is 0 Å². The Bertz CT molecular complexity index is 1240. The summed E-state index contributed by atoms with van der Waals surface area (Å²) in [7, 11) is -2.32. The van der Waals surface area contributed by atoms with Crippen LogP contribution in [-0.4, -0.2) is 59.1 Å². The van der Waals surface area contributed by atoms with Crippen LogP contribution in [0.5, 0.6) is 0 Å². The molecular weight excluding hydrogens is 462 g/mol. The van der Waals surface area contributed by atoms with Gasteiger partial charge in [0.05, 0.1) is 29.8 Å². The Balaban J connectivity index is 1.56. The number of rotatable bonds is 8. The van der Waals surface area contributed by atoms with Gasteiger partial charge >= 0.3 is 0 Å². The van der Waals surface area contributed by atoms with Crippen molar-refractivity contribution < 1.29 is 17.9 Å². The maximum absolute atomic E-state index is 13.3. The van der Waals surface area contributed by atoms with Gasteiger partial charge in [-0.2, -0.15) is 0 Å². The zero-order valence-corrected chi connectivity index (χ0v) is 20.9. The minimum Gasteiger partial charge on any atom is -0.379 e. The smallest absolute Gasteiger partial charge is 0.264 e. The van der Waals surface area contributed by atoms with Crippen LogP contribution < -0.4 is 9.62 Å². The molecule has 0 aromatic heterocycles. The van der Waals surface area contributed by atoms with Gasteiger partial charge in [-0.3, -0.25) is 14.0 Å². The van der Waals surface area contributed by atoms with E-state index in [0.717, 1.165) is 24.2 Å². The molecule has 0 saturated carbocycles. The van der Waals surface area contributed by atoms with Crippen LogP contribution in [0.2, 0.25) is 0 Å². The number of para-hydroxylation sites is 1. The third-order valence-corrected chi connectivity index (χ3v) is 7.99. The minimum atomic E-state index is -3.82. The summed E-state index contributed by atoms with van der Waals surface area (Å²) in [6.45, 7) is 5.62. The molecule has 0 radical (unpaired) electrons. The second-order valence-corrected chi connectivity index (χ2v) is 10.7. The molecule has 0 spiro atoms. The third-order valence-electron chi connectivity index (χ3n) is 6.20. The summed E-state index contributed by atoms with van der Waals surface area (Å²) in [5.74, 6) is -0.316. The molecule has 1 amide bonds. The van der Waals surface area contributed by atoms with E-state index in [0.29, 0.717) is 31.0 Å². The minimum absolute atomic E-state index is 0.0663. The second kappa shape index (κ2) is 11.0. The number of carbonyl (C=O) groups is 1. The van der Waals surface area contributed by atoms with Crippen molar-refractivity contribution in [1.29, 1.82) is 0 Å². The van der Waals surface area contributed by atoms with Crippen molar-refractivity contribution in [2.75, 3.05) is 44.2 Å². The molecule has 1 atom stereocenters. The molecule has 7 nitrogen and oxygen atoms in total. The van der Waals surface area contributed by atoms with Gasteiger partial charge in [-0.25, -0.2) is 8.42 Å². The number of hydrogen-bond donors (Lipinski definition) is 1. The van der Waals surface area contributed by atoms with Crippen molar-refractivity contribution in [3.05, 3.63) is 95.6 Å². The van der Waals surface area contributed by atoms with E-state index in [1.165, 1.54) is 23.5 Å². The molecule has 0 bridgehead atoms. The Morgan fingerprint density at radius 2 is 1.69 bits per heavy atom. The topological polar surface area (TPSA) is 79.0 Å². The van der Waals surface area contributed by atoms with E-state index in [1.54, 1.807) is 36.4 Å². The number of hydrogen-bond acceptors (Lipinski definition) is 5. The quantitative estimate of drug-likeness (QED) is 0.519. The first kappa shape index (κ1) is 24.9. The van der Waals surface area contributed by atoms with E-state index in [-0.39, 0.29) is 16.8 Å². The molecule has 1 heterocycles. The molecule has 0 aliphatic carbocycles. The summed E-state index contributed by atoms with van der Waals surface area (Å²) in [5, 5.41) is 3.13. The van der Waals surface area contributed by atoms with Crippen molar-refractivity contribution in [3.63, 3.8) is 0 Å². The summed E-state index contributed by atoms with van der Waals surface area (Å²) in [6.07, 6.45) is 0. The van der Waals surface area contributed by atoms with Gasteiger partial charge in [-0.05, 0) is 42.8 Å². The molecular formula is C27H31N3O4S. The van der Waals surface area contributed by atoms with E-state index in [1.807, 2.05) is 37.3 Å². The van der Waals surface area contributed by atoms with Gasteiger partial charge in [-0.1, -0.05) is 54.1 Å². The lowest BCUT2D eigenvalue weighted by Gasteiger charge is -2.31. The number of ether oxygens (including phenoxy) is 1. The Labute approximate surface area is 207 Å². The number of benzene rings is 3. The van der Waals surface area contributed by atoms with Gasteiger partial charge in [0.2, 0.25) is 0 Å². The number of nitrogens with one attached hydrogen (secondary N) is 1. The number of morpholine rings is 1. The highest BCUT2D eigenvalue weighted by Gasteiger charge is 2.24. The number of carbonyl (C=O) groups excluding carboxylic acids is 1. The molecule has 1 N–H and O–H groups in total. The molecule has 0 unspecified atom stereocenters. The highest BCUT2D eigenvalue weighted by molar-refractivity contribution is 7.92. The van der Waals surface area contributed by atoms with Crippen molar-refractivity contribution >= 4 is 21.6 Å². The van der Waals surface area contributed by atoms with E-state index in [4.69, 9.17) is 4.74 Å². The first-order chi connectivity index (χ1) is 16.8. The zero-order valence-electron chi connectivity index (χ0n) is 20.1. The fourth-order valence-electron chi connectivity index (χ4n) is 4.05. The highest BCUT2D eigenvalue weighted by Crippen LogP contribution is 2.23. The van der Waals surface area contributed by atoms with Crippen LogP contribution in [0.15, 0.2) is 83.8 Å². The second-order valence-electron chi connectivity index (χ2n) is 8.69. The summed E-state index contributed by atoms with van der Waals surface area (Å²) in [5.41, 5.74) is 2.99.